The Labute approximate surface area is 153 Å². The Morgan fingerprint density at radius 2 is 1.89 bits per heavy atom. The minimum absolute atomic E-state index is 0.134. The third-order valence-electron chi connectivity index (χ3n) is 4.56. The van der Waals surface area contributed by atoms with Crippen LogP contribution in [-0.4, -0.2) is 26.7 Å². The molecule has 9 heteroatoms. The Hall–Kier alpha value is -2.97. The highest BCUT2D eigenvalue weighted by molar-refractivity contribution is 5.56. The van der Waals surface area contributed by atoms with Gasteiger partial charge in [0, 0.05) is 30.7 Å². The summed E-state index contributed by atoms with van der Waals surface area (Å²) < 4.78 is 42.1. The maximum Gasteiger partial charge on any atom is 0.471 e. The molecule has 0 aromatic carbocycles. The molecule has 1 aliphatic heterocycles. The Bertz CT molecular complexity index is 895. The van der Waals surface area contributed by atoms with Crippen LogP contribution in [-0.2, 0) is 6.18 Å². The molecule has 6 nitrogen and oxygen atoms in total. The second-order valence-electron chi connectivity index (χ2n) is 6.31. The van der Waals surface area contributed by atoms with Gasteiger partial charge in [-0.2, -0.15) is 18.2 Å². The molecule has 0 radical (unpaired) electrons. The van der Waals surface area contributed by atoms with Crippen LogP contribution in [0, 0.1) is 0 Å². The Morgan fingerprint density at radius 1 is 1.07 bits per heavy atom. The van der Waals surface area contributed by atoms with Crippen molar-refractivity contribution in [2.75, 3.05) is 11.4 Å². The summed E-state index contributed by atoms with van der Waals surface area (Å²) in [6.07, 6.45) is 3.55. The summed E-state index contributed by atoms with van der Waals surface area (Å²) in [7, 11) is 0. The number of rotatable bonds is 3. The minimum atomic E-state index is -4.66. The van der Waals surface area contributed by atoms with E-state index in [1.807, 2.05) is 12.1 Å². The van der Waals surface area contributed by atoms with Gasteiger partial charge < -0.3 is 9.42 Å². The highest BCUT2D eigenvalue weighted by Gasteiger charge is 2.38. The first-order valence-corrected chi connectivity index (χ1v) is 8.56. The van der Waals surface area contributed by atoms with E-state index < -0.39 is 12.1 Å². The molecule has 1 atom stereocenters. The van der Waals surface area contributed by atoms with Crippen molar-refractivity contribution < 1.29 is 17.7 Å². The summed E-state index contributed by atoms with van der Waals surface area (Å²) >= 11 is 0. The Kier molecular flexibility index (Phi) is 4.51. The van der Waals surface area contributed by atoms with E-state index in [2.05, 4.69) is 29.5 Å². The summed E-state index contributed by atoms with van der Waals surface area (Å²) in [6, 6.07) is 7.62. The van der Waals surface area contributed by atoms with Crippen LogP contribution in [0.4, 0.5) is 19.0 Å². The molecule has 0 spiro atoms. The van der Waals surface area contributed by atoms with Gasteiger partial charge in [0.25, 0.3) is 0 Å². The van der Waals surface area contributed by atoms with Crippen LogP contribution in [0.5, 0.6) is 0 Å². The van der Waals surface area contributed by atoms with Gasteiger partial charge in [-0.25, -0.2) is 4.98 Å². The zero-order valence-electron chi connectivity index (χ0n) is 14.2. The zero-order chi connectivity index (χ0) is 18.9. The summed E-state index contributed by atoms with van der Waals surface area (Å²) in [5.41, 5.74) is 1.54. The molecular formula is C18H16F3N5O. The molecule has 0 N–H and O–H groups in total. The molecule has 27 heavy (non-hydrogen) atoms. The number of pyridine rings is 2. The molecule has 0 saturated carbocycles. The lowest BCUT2D eigenvalue weighted by Gasteiger charge is -2.37. The standard InChI is InChI=1S/C18H16F3N5O/c19-18(20,21)17-24-16(25-27-17)13-4-5-15(23-11-13)26-10-2-1-3-14(26)12-6-8-22-9-7-12/h4-9,11,14H,1-3,10H2. The van der Waals surface area contributed by atoms with Crippen LogP contribution in [0.3, 0.4) is 0 Å². The van der Waals surface area contributed by atoms with Crippen molar-refractivity contribution in [2.45, 2.75) is 31.5 Å². The fourth-order valence-corrected chi connectivity index (χ4v) is 3.28. The average Bonchev–Trinajstić information content (AvgIpc) is 3.20. The smallest absolute Gasteiger partial charge is 0.350 e. The highest BCUT2D eigenvalue weighted by Crippen LogP contribution is 2.34. The van der Waals surface area contributed by atoms with Crippen molar-refractivity contribution in [1.29, 1.82) is 0 Å². The van der Waals surface area contributed by atoms with E-state index in [4.69, 9.17) is 0 Å². The number of aromatic nitrogens is 4. The number of halogens is 3. The average molecular weight is 375 g/mol. The maximum atomic E-state index is 12.6. The fourth-order valence-electron chi connectivity index (χ4n) is 3.28. The summed E-state index contributed by atoms with van der Waals surface area (Å²) in [5.74, 6) is -0.735. The van der Waals surface area contributed by atoms with Crippen LogP contribution in [0.1, 0.15) is 36.8 Å². The quantitative estimate of drug-likeness (QED) is 0.681. The largest absolute Gasteiger partial charge is 0.471 e. The minimum Gasteiger partial charge on any atom is -0.350 e. The molecule has 140 valence electrons. The third-order valence-corrected chi connectivity index (χ3v) is 4.56. The summed E-state index contributed by atoms with van der Waals surface area (Å²) in [4.78, 5) is 14.1. The van der Waals surface area contributed by atoms with Crippen molar-refractivity contribution in [1.82, 2.24) is 20.1 Å². The second-order valence-corrected chi connectivity index (χ2v) is 6.31. The second kappa shape index (κ2) is 6.98. The van der Waals surface area contributed by atoms with Gasteiger partial charge in [-0.3, -0.25) is 4.98 Å². The monoisotopic (exact) mass is 375 g/mol. The lowest BCUT2D eigenvalue weighted by molar-refractivity contribution is -0.159. The van der Waals surface area contributed by atoms with Crippen molar-refractivity contribution in [3.8, 4) is 11.4 Å². The van der Waals surface area contributed by atoms with Crippen LogP contribution in [0.2, 0.25) is 0 Å². The van der Waals surface area contributed by atoms with Gasteiger partial charge >= 0.3 is 12.1 Å². The van der Waals surface area contributed by atoms with E-state index in [0.29, 0.717) is 5.56 Å². The first kappa shape index (κ1) is 17.4. The first-order valence-electron chi connectivity index (χ1n) is 8.56. The van der Waals surface area contributed by atoms with E-state index in [0.717, 1.165) is 31.6 Å². The first-order chi connectivity index (χ1) is 13.0. The zero-order valence-corrected chi connectivity index (χ0v) is 14.2. The summed E-state index contributed by atoms with van der Waals surface area (Å²) in [5, 5.41) is 3.39. The van der Waals surface area contributed by atoms with Gasteiger partial charge in [-0.05, 0) is 49.1 Å². The molecule has 0 aliphatic carbocycles. The lowest BCUT2D eigenvalue weighted by Crippen LogP contribution is -2.33. The Balaban J connectivity index is 1.58. The molecule has 1 fully saturated rings. The molecule has 1 unspecified atom stereocenters. The predicted molar refractivity (Wildman–Crippen MR) is 90.7 cm³/mol. The Morgan fingerprint density at radius 3 is 2.56 bits per heavy atom. The van der Waals surface area contributed by atoms with Crippen LogP contribution in [0.25, 0.3) is 11.4 Å². The van der Waals surface area contributed by atoms with Gasteiger partial charge in [0.05, 0.1) is 6.04 Å². The van der Waals surface area contributed by atoms with Gasteiger partial charge in [0.1, 0.15) is 5.82 Å². The number of hydrogen-bond donors (Lipinski definition) is 0. The SMILES string of the molecule is FC(F)(F)c1nc(-c2ccc(N3CCCCC3c3ccncc3)nc2)no1. The molecule has 0 bridgehead atoms. The number of piperidine rings is 1. The van der Waals surface area contributed by atoms with E-state index in [9.17, 15) is 13.2 Å². The molecule has 1 saturated heterocycles. The normalized spacial score (nSPS) is 17.9. The number of hydrogen-bond acceptors (Lipinski definition) is 6. The number of anilines is 1. The molecular weight excluding hydrogens is 359 g/mol. The van der Waals surface area contributed by atoms with E-state index in [1.54, 1.807) is 24.5 Å². The van der Waals surface area contributed by atoms with Crippen molar-refractivity contribution in [3.05, 3.63) is 54.3 Å². The number of nitrogens with zero attached hydrogens (tertiary/aromatic N) is 5. The molecule has 3 aromatic heterocycles. The van der Waals surface area contributed by atoms with Crippen LogP contribution in [0.15, 0.2) is 47.4 Å². The lowest BCUT2D eigenvalue weighted by atomic mass is 9.96. The van der Waals surface area contributed by atoms with Crippen molar-refractivity contribution in [2.24, 2.45) is 0 Å². The summed E-state index contributed by atoms with van der Waals surface area (Å²) in [6.45, 7) is 0.861. The number of alkyl halides is 3. The molecule has 3 aromatic rings. The van der Waals surface area contributed by atoms with Gasteiger partial charge in [-0.15, -0.1) is 0 Å². The topological polar surface area (TPSA) is 67.9 Å². The van der Waals surface area contributed by atoms with Gasteiger partial charge in [-0.1, -0.05) is 5.16 Å². The molecule has 4 rings (SSSR count). The van der Waals surface area contributed by atoms with Crippen LogP contribution >= 0.6 is 0 Å². The van der Waals surface area contributed by atoms with E-state index in [1.165, 1.54) is 11.8 Å². The van der Waals surface area contributed by atoms with Crippen molar-refractivity contribution in [3.63, 3.8) is 0 Å². The van der Waals surface area contributed by atoms with E-state index in [-0.39, 0.29) is 11.9 Å². The van der Waals surface area contributed by atoms with E-state index >= 15 is 0 Å². The fraction of sp³-hybridized carbons (Fsp3) is 0.333. The van der Waals surface area contributed by atoms with Gasteiger partial charge in [0.2, 0.25) is 5.82 Å². The molecule has 4 heterocycles. The highest BCUT2D eigenvalue weighted by atomic mass is 19.4. The maximum absolute atomic E-state index is 12.6. The third kappa shape index (κ3) is 3.62. The van der Waals surface area contributed by atoms with Crippen molar-refractivity contribution >= 4 is 5.82 Å². The predicted octanol–water partition coefficient (Wildman–Crippen LogP) is 4.28. The van der Waals surface area contributed by atoms with Gasteiger partial charge in [0.15, 0.2) is 0 Å². The van der Waals surface area contributed by atoms with Crippen LogP contribution < -0.4 is 4.90 Å². The molecule has 0 amide bonds. The molecule has 1 aliphatic rings.